The molecule has 0 aromatic carbocycles. The van der Waals surface area contributed by atoms with E-state index in [-0.39, 0.29) is 11.5 Å². The van der Waals surface area contributed by atoms with Crippen LogP contribution in [0.25, 0.3) is 0 Å². The van der Waals surface area contributed by atoms with Crippen LogP contribution in [0.15, 0.2) is 23.1 Å². The fourth-order valence-electron chi connectivity index (χ4n) is 2.13. The van der Waals surface area contributed by atoms with Crippen LogP contribution < -0.4 is 16.2 Å². The van der Waals surface area contributed by atoms with Crippen molar-refractivity contribution in [2.75, 3.05) is 37.8 Å². The highest BCUT2D eigenvalue weighted by molar-refractivity contribution is 7.18. The van der Waals surface area contributed by atoms with Crippen LogP contribution in [0.4, 0.5) is 11.4 Å². The number of nitrogens with one attached hydrogen (secondary N) is 2. The van der Waals surface area contributed by atoms with Crippen LogP contribution in [0.3, 0.4) is 0 Å². The molecular weight excluding hydrogens is 383 g/mol. The standard InChI is InChI=1S/C16H20Cl2N4O2S/c1-4-22-9-10(7-12(16(22)24)19-5-6-21(2)3)20-15(23)13-8-11(17)14(18)25-13/h7-9,19H,4-6H2,1-3H3,(H,20,23). The number of carbonyl (C=O) groups is 1. The van der Waals surface area contributed by atoms with Gasteiger partial charge in [0.1, 0.15) is 10.0 Å². The van der Waals surface area contributed by atoms with Gasteiger partial charge in [-0.2, -0.15) is 0 Å². The molecule has 1 amide bonds. The summed E-state index contributed by atoms with van der Waals surface area (Å²) in [5, 5.41) is 6.25. The average molecular weight is 403 g/mol. The molecule has 2 rings (SSSR count). The first-order valence-corrected chi connectivity index (χ1v) is 9.28. The predicted molar refractivity (Wildman–Crippen MR) is 106 cm³/mol. The fourth-order valence-corrected chi connectivity index (χ4v) is 3.39. The number of aromatic nitrogens is 1. The van der Waals surface area contributed by atoms with Crippen LogP contribution in [-0.2, 0) is 6.54 Å². The van der Waals surface area contributed by atoms with Crippen LogP contribution in [-0.4, -0.2) is 42.6 Å². The number of anilines is 2. The Kier molecular flexibility index (Phi) is 6.89. The van der Waals surface area contributed by atoms with Gasteiger partial charge in [0.25, 0.3) is 11.5 Å². The minimum atomic E-state index is -0.320. The third kappa shape index (κ3) is 5.22. The van der Waals surface area contributed by atoms with E-state index in [1.807, 2.05) is 25.9 Å². The molecule has 136 valence electrons. The first-order chi connectivity index (χ1) is 11.8. The molecule has 0 aliphatic carbocycles. The van der Waals surface area contributed by atoms with Gasteiger partial charge in [-0.1, -0.05) is 23.2 Å². The van der Waals surface area contributed by atoms with Crippen molar-refractivity contribution in [3.63, 3.8) is 0 Å². The SMILES string of the molecule is CCn1cc(NC(=O)c2cc(Cl)c(Cl)s2)cc(NCCN(C)C)c1=O. The van der Waals surface area contributed by atoms with Gasteiger partial charge >= 0.3 is 0 Å². The molecule has 0 saturated carbocycles. The van der Waals surface area contributed by atoms with E-state index in [1.165, 1.54) is 6.07 Å². The van der Waals surface area contributed by atoms with Crippen LogP contribution in [0.2, 0.25) is 9.36 Å². The number of amides is 1. The van der Waals surface area contributed by atoms with E-state index >= 15 is 0 Å². The topological polar surface area (TPSA) is 66.4 Å². The Bertz CT molecular complexity index is 797. The molecule has 0 aliphatic rings. The lowest BCUT2D eigenvalue weighted by Crippen LogP contribution is -2.27. The maximum atomic E-state index is 12.4. The van der Waals surface area contributed by atoms with Crippen molar-refractivity contribution < 1.29 is 4.79 Å². The number of hydrogen-bond acceptors (Lipinski definition) is 5. The number of nitrogens with zero attached hydrogens (tertiary/aromatic N) is 2. The van der Waals surface area contributed by atoms with Gasteiger partial charge in [-0.25, -0.2) is 0 Å². The summed E-state index contributed by atoms with van der Waals surface area (Å²) >= 11 is 12.9. The second-order valence-corrected chi connectivity index (χ2v) is 7.71. The summed E-state index contributed by atoms with van der Waals surface area (Å²) in [6.07, 6.45) is 1.62. The van der Waals surface area contributed by atoms with Crippen molar-refractivity contribution in [2.24, 2.45) is 0 Å². The molecule has 0 saturated heterocycles. The Morgan fingerprint density at radius 2 is 2.04 bits per heavy atom. The summed E-state index contributed by atoms with van der Waals surface area (Å²) in [6, 6.07) is 3.16. The molecule has 6 nitrogen and oxygen atoms in total. The van der Waals surface area contributed by atoms with Crippen molar-refractivity contribution in [3.05, 3.63) is 42.9 Å². The number of thiophene rings is 1. The minimum Gasteiger partial charge on any atom is -0.379 e. The summed E-state index contributed by atoms with van der Waals surface area (Å²) in [5.74, 6) is -0.320. The van der Waals surface area contributed by atoms with E-state index < -0.39 is 0 Å². The zero-order chi connectivity index (χ0) is 18.6. The second kappa shape index (κ2) is 8.71. The molecule has 0 atom stereocenters. The Labute approximate surface area is 160 Å². The minimum absolute atomic E-state index is 0.124. The molecule has 2 aromatic rings. The van der Waals surface area contributed by atoms with Gasteiger partial charge in [0.15, 0.2) is 0 Å². The largest absolute Gasteiger partial charge is 0.379 e. The van der Waals surface area contributed by atoms with Crippen LogP contribution in [0.1, 0.15) is 16.6 Å². The molecule has 0 radical (unpaired) electrons. The first-order valence-electron chi connectivity index (χ1n) is 7.71. The van der Waals surface area contributed by atoms with E-state index in [9.17, 15) is 9.59 Å². The molecule has 0 unspecified atom stereocenters. The van der Waals surface area contributed by atoms with Crippen LogP contribution in [0.5, 0.6) is 0 Å². The monoisotopic (exact) mass is 402 g/mol. The normalized spacial score (nSPS) is 11.0. The van der Waals surface area contributed by atoms with Crippen molar-refractivity contribution in [2.45, 2.75) is 13.5 Å². The zero-order valence-corrected chi connectivity index (χ0v) is 16.6. The number of pyridine rings is 1. The highest BCUT2D eigenvalue weighted by atomic mass is 35.5. The van der Waals surface area contributed by atoms with Gasteiger partial charge in [-0.05, 0) is 33.2 Å². The van der Waals surface area contributed by atoms with Gasteiger partial charge < -0.3 is 20.1 Å². The number of rotatable bonds is 7. The fraction of sp³-hybridized carbons (Fsp3) is 0.375. The third-order valence-electron chi connectivity index (χ3n) is 3.43. The van der Waals surface area contributed by atoms with Crippen LogP contribution >= 0.6 is 34.5 Å². The van der Waals surface area contributed by atoms with Crippen molar-refractivity contribution in [1.29, 1.82) is 0 Å². The molecule has 2 N–H and O–H groups in total. The van der Waals surface area contributed by atoms with Crippen LogP contribution in [0, 0.1) is 0 Å². The maximum absolute atomic E-state index is 12.4. The van der Waals surface area contributed by atoms with E-state index in [2.05, 4.69) is 10.6 Å². The third-order valence-corrected chi connectivity index (χ3v) is 5.29. The Balaban J connectivity index is 2.21. The summed E-state index contributed by atoms with van der Waals surface area (Å²) < 4.78 is 1.92. The van der Waals surface area contributed by atoms with Gasteiger partial charge in [-0.3, -0.25) is 9.59 Å². The Morgan fingerprint density at radius 3 is 2.60 bits per heavy atom. The summed E-state index contributed by atoms with van der Waals surface area (Å²) in [6.45, 7) is 3.78. The lowest BCUT2D eigenvalue weighted by atomic mass is 10.3. The molecule has 0 bridgehead atoms. The highest BCUT2D eigenvalue weighted by Crippen LogP contribution is 2.32. The molecule has 0 fully saturated rings. The molecule has 25 heavy (non-hydrogen) atoms. The number of aryl methyl sites for hydroxylation is 1. The molecule has 0 spiro atoms. The van der Waals surface area contributed by atoms with Crippen molar-refractivity contribution >= 4 is 51.8 Å². The Hall–Kier alpha value is -1.54. The van der Waals surface area contributed by atoms with E-state index in [1.54, 1.807) is 16.8 Å². The lowest BCUT2D eigenvalue weighted by molar-refractivity contribution is 0.103. The number of halogens is 2. The smallest absolute Gasteiger partial charge is 0.274 e. The van der Waals surface area contributed by atoms with E-state index in [0.717, 1.165) is 17.9 Å². The second-order valence-electron chi connectivity index (χ2n) is 5.65. The summed E-state index contributed by atoms with van der Waals surface area (Å²) in [7, 11) is 3.92. The molecule has 2 aromatic heterocycles. The number of hydrogen-bond donors (Lipinski definition) is 2. The zero-order valence-electron chi connectivity index (χ0n) is 14.2. The summed E-state index contributed by atoms with van der Waals surface area (Å²) in [4.78, 5) is 27.1. The summed E-state index contributed by atoms with van der Waals surface area (Å²) in [5.41, 5.74) is 0.852. The van der Waals surface area contributed by atoms with Crippen molar-refractivity contribution in [1.82, 2.24) is 9.47 Å². The van der Waals surface area contributed by atoms with Gasteiger partial charge in [0, 0.05) is 25.8 Å². The maximum Gasteiger partial charge on any atom is 0.274 e. The van der Waals surface area contributed by atoms with Crippen molar-refractivity contribution in [3.8, 4) is 0 Å². The molecule has 2 heterocycles. The number of likely N-dealkylation sites (N-methyl/N-ethyl adjacent to an activating group) is 1. The molecular formula is C16H20Cl2N4O2S. The average Bonchev–Trinajstić information content (AvgIpc) is 2.89. The van der Waals surface area contributed by atoms with Gasteiger partial charge in [0.05, 0.1) is 15.6 Å². The highest BCUT2D eigenvalue weighted by Gasteiger charge is 2.14. The quantitative estimate of drug-likeness (QED) is 0.743. The van der Waals surface area contributed by atoms with E-state index in [4.69, 9.17) is 23.2 Å². The number of carbonyl (C=O) groups excluding carboxylic acids is 1. The van der Waals surface area contributed by atoms with Gasteiger partial charge in [0.2, 0.25) is 0 Å². The van der Waals surface area contributed by atoms with E-state index in [0.29, 0.717) is 38.7 Å². The molecule has 9 heteroatoms. The van der Waals surface area contributed by atoms with Gasteiger partial charge in [-0.15, -0.1) is 11.3 Å². The first kappa shape index (κ1) is 19.8. The Morgan fingerprint density at radius 1 is 1.32 bits per heavy atom. The lowest BCUT2D eigenvalue weighted by Gasteiger charge is -2.14. The predicted octanol–water partition coefficient (Wildman–Crippen LogP) is 3.46. The molecule has 0 aliphatic heterocycles.